The summed E-state index contributed by atoms with van der Waals surface area (Å²) in [4.78, 5) is 31.3. The molecule has 1 aliphatic heterocycles. The third-order valence-corrected chi connectivity index (χ3v) is 10.6. The Hall–Kier alpha value is -5.13. The Bertz CT molecular complexity index is 2000. The maximum Gasteiger partial charge on any atom is 0.256 e. The molecule has 5 rings (SSSR count). The highest BCUT2D eigenvalue weighted by Crippen LogP contribution is 2.35. The first kappa shape index (κ1) is 37.1. The fraction of sp³-hybridized carbons (Fsp3) is 0.438. The molecule has 51 heavy (non-hydrogen) atoms. The van der Waals surface area contributed by atoms with Crippen molar-refractivity contribution in [3.63, 3.8) is 0 Å². The van der Waals surface area contributed by atoms with Crippen LogP contribution in [0, 0.1) is 6.92 Å². The van der Waals surface area contributed by atoms with E-state index in [1.807, 2.05) is 6.92 Å². The Labute approximate surface area is 293 Å². The van der Waals surface area contributed by atoms with Gasteiger partial charge in [-0.15, -0.1) is 0 Å². The summed E-state index contributed by atoms with van der Waals surface area (Å²) in [6, 6.07) is 14.4. The van der Waals surface area contributed by atoms with E-state index in [9.17, 15) is 23.4 Å². The van der Waals surface area contributed by atoms with Crippen LogP contribution in [0.2, 0.25) is 0 Å². The fourth-order valence-corrected chi connectivity index (χ4v) is 7.70. The van der Waals surface area contributed by atoms with Crippen molar-refractivity contribution in [2.24, 2.45) is 10.2 Å². The van der Waals surface area contributed by atoms with Crippen LogP contribution in [0.4, 0.5) is 5.82 Å². The first-order valence-electron chi connectivity index (χ1n) is 16.3. The fourth-order valence-electron chi connectivity index (χ4n) is 5.98. The number of sulfonamides is 1. The van der Waals surface area contributed by atoms with E-state index in [1.165, 1.54) is 33.7 Å². The van der Waals surface area contributed by atoms with Crippen LogP contribution >= 0.6 is 0 Å². The van der Waals surface area contributed by atoms with Gasteiger partial charge in [0, 0.05) is 41.1 Å². The molecule has 0 saturated carbocycles. The van der Waals surface area contributed by atoms with E-state index in [0.29, 0.717) is 18.4 Å². The number of aromatic nitrogens is 4. The maximum atomic E-state index is 14.0. The lowest BCUT2D eigenvalue weighted by atomic mass is 10.0. The monoisotopic (exact) mass is 718 g/mol. The van der Waals surface area contributed by atoms with Crippen LogP contribution in [0.15, 0.2) is 82.4 Å². The molecule has 1 unspecified atom stereocenters. The van der Waals surface area contributed by atoms with Gasteiger partial charge in [0.15, 0.2) is 23.2 Å². The number of carbonyl (C=O) groups is 1. The highest BCUT2D eigenvalue weighted by molar-refractivity contribution is 7.89. The molecule has 0 radical (unpaired) electrons. The number of aryl methyl sites for hydroxylation is 1. The number of nitrogens with zero attached hydrogens (tertiary/aromatic N) is 11. The zero-order chi connectivity index (χ0) is 36.4. The van der Waals surface area contributed by atoms with E-state index >= 15 is 0 Å². The highest BCUT2D eigenvalue weighted by Gasteiger charge is 2.45. The van der Waals surface area contributed by atoms with Crippen molar-refractivity contribution in [3.8, 4) is 0 Å². The van der Waals surface area contributed by atoms with E-state index in [-0.39, 0.29) is 60.8 Å². The van der Waals surface area contributed by atoms with Gasteiger partial charge >= 0.3 is 0 Å². The molecular formula is C32H38N12O6S. The zero-order valence-corrected chi connectivity index (χ0v) is 28.6. The van der Waals surface area contributed by atoms with Gasteiger partial charge < -0.3 is 20.3 Å². The van der Waals surface area contributed by atoms with Gasteiger partial charge in [-0.05, 0) is 74.4 Å². The quantitative estimate of drug-likeness (QED) is 0.0594. The SMILES string of the molecule is Cc1ccc(S(=O)(=O)N(CCCCN=[N+]=[N-])C(CCN=[N+]=[N-])CC[C@H]2O[C@@H](n3cnc4c(NC(=O)c5ccccc5)ncnc43)[C@H](O)[C@@H]2O)cc1. The molecular weight excluding hydrogens is 680 g/mol. The maximum absolute atomic E-state index is 14.0. The molecule has 3 heterocycles. The Morgan fingerprint density at radius 1 is 1.00 bits per heavy atom. The van der Waals surface area contributed by atoms with Crippen LogP contribution in [0.5, 0.6) is 0 Å². The van der Waals surface area contributed by atoms with E-state index in [0.717, 1.165) is 5.56 Å². The number of ether oxygens (including phenoxy) is 1. The largest absolute Gasteiger partial charge is 0.388 e. The van der Waals surface area contributed by atoms with Gasteiger partial charge in [-0.3, -0.25) is 9.36 Å². The Kier molecular flexibility index (Phi) is 12.5. The summed E-state index contributed by atoms with van der Waals surface area (Å²) in [6.07, 6.45) is -0.832. The van der Waals surface area contributed by atoms with Crippen LogP contribution in [-0.4, -0.2) is 92.4 Å². The molecule has 3 N–H and O–H groups in total. The average Bonchev–Trinajstić information content (AvgIpc) is 3.69. The summed E-state index contributed by atoms with van der Waals surface area (Å²) < 4.78 is 37.0. The molecule has 1 aliphatic rings. The van der Waals surface area contributed by atoms with E-state index < -0.39 is 46.5 Å². The summed E-state index contributed by atoms with van der Waals surface area (Å²) >= 11 is 0. The number of unbranched alkanes of at least 4 members (excludes halogenated alkanes) is 1. The molecule has 18 nitrogen and oxygen atoms in total. The topological polar surface area (TPSA) is 257 Å². The highest BCUT2D eigenvalue weighted by atomic mass is 32.2. The molecule has 0 bridgehead atoms. The first-order chi connectivity index (χ1) is 24.6. The summed E-state index contributed by atoms with van der Waals surface area (Å²) in [7, 11) is -4.03. The molecule has 1 fully saturated rings. The number of rotatable bonds is 17. The van der Waals surface area contributed by atoms with Crippen LogP contribution < -0.4 is 5.32 Å². The number of aliphatic hydroxyl groups excluding tert-OH is 2. The number of fused-ring (bicyclic) bond motifs is 1. The number of anilines is 1. The zero-order valence-electron chi connectivity index (χ0n) is 27.7. The minimum atomic E-state index is -4.03. The second-order valence-corrected chi connectivity index (χ2v) is 13.9. The van der Waals surface area contributed by atoms with Crippen LogP contribution in [0.3, 0.4) is 0 Å². The van der Waals surface area contributed by atoms with Crippen LogP contribution in [0.25, 0.3) is 32.0 Å². The minimum absolute atomic E-state index is 0.0169. The van der Waals surface area contributed by atoms with Crippen molar-refractivity contribution < 1.29 is 28.2 Å². The minimum Gasteiger partial charge on any atom is -0.388 e. The molecule has 2 aromatic carbocycles. The van der Waals surface area contributed by atoms with Gasteiger partial charge in [0.05, 0.1) is 17.3 Å². The van der Waals surface area contributed by atoms with Gasteiger partial charge in [0.1, 0.15) is 18.5 Å². The Balaban J connectivity index is 1.35. The Morgan fingerprint density at radius 2 is 1.73 bits per heavy atom. The third-order valence-electron chi connectivity index (χ3n) is 8.63. The molecule has 268 valence electrons. The van der Waals surface area contributed by atoms with Crippen LogP contribution in [0.1, 0.15) is 54.3 Å². The number of azide groups is 2. The van der Waals surface area contributed by atoms with Crippen molar-refractivity contribution in [2.75, 3.05) is 25.0 Å². The molecule has 0 spiro atoms. The molecule has 0 aliphatic carbocycles. The van der Waals surface area contributed by atoms with Gasteiger partial charge in [0.2, 0.25) is 10.0 Å². The van der Waals surface area contributed by atoms with E-state index in [2.05, 4.69) is 40.3 Å². The van der Waals surface area contributed by atoms with Crippen molar-refractivity contribution in [3.05, 3.63) is 99.3 Å². The Morgan fingerprint density at radius 3 is 2.45 bits per heavy atom. The van der Waals surface area contributed by atoms with Gasteiger partial charge in [-0.25, -0.2) is 23.4 Å². The number of carbonyl (C=O) groups excluding carboxylic acids is 1. The van der Waals surface area contributed by atoms with Crippen LogP contribution in [-0.2, 0) is 14.8 Å². The lowest BCUT2D eigenvalue weighted by Gasteiger charge is -2.32. The van der Waals surface area contributed by atoms with Crippen molar-refractivity contribution in [1.82, 2.24) is 23.8 Å². The smallest absolute Gasteiger partial charge is 0.256 e. The average molecular weight is 719 g/mol. The molecule has 1 amide bonds. The normalized spacial score (nSPS) is 19.4. The lowest BCUT2D eigenvalue weighted by Crippen LogP contribution is -2.42. The third kappa shape index (κ3) is 8.79. The lowest BCUT2D eigenvalue weighted by molar-refractivity contribution is -0.0385. The van der Waals surface area contributed by atoms with Gasteiger partial charge in [0.25, 0.3) is 5.91 Å². The summed E-state index contributed by atoms with van der Waals surface area (Å²) in [5, 5.41) is 32.1. The van der Waals surface area contributed by atoms with Crippen molar-refractivity contribution in [1.29, 1.82) is 0 Å². The molecule has 5 atom stereocenters. The number of benzene rings is 2. The van der Waals surface area contributed by atoms with Crippen molar-refractivity contribution in [2.45, 2.75) is 74.5 Å². The first-order valence-corrected chi connectivity index (χ1v) is 17.8. The number of nitrogens with one attached hydrogen (secondary N) is 1. The number of amides is 1. The molecule has 19 heteroatoms. The predicted molar refractivity (Wildman–Crippen MR) is 186 cm³/mol. The van der Waals surface area contributed by atoms with E-state index in [4.69, 9.17) is 15.8 Å². The standard InChI is InChI=1S/C32H38N12O6S/c1-21-9-12-24(13-10-21)51(48,49)44(18-6-5-16-38-41-33)23(15-17-39-42-34)11-14-25-27(45)28(46)32(50-25)43-20-37-26-29(35-19-36-30(26)43)40-31(47)22-7-3-2-4-8-22/h2-4,7-10,12-13,19-20,23,25,27-28,32,45-46H,5-6,11,14-18H2,1H3,(H,35,36,40,47)/t23?,25-,27-,28-,32-/m1/s1. The summed E-state index contributed by atoms with van der Waals surface area (Å²) in [6.45, 7) is 2.17. The van der Waals surface area contributed by atoms with Gasteiger partial charge in [-0.1, -0.05) is 46.1 Å². The van der Waals surface area contributed by atoms with Crippen molar-refractivity contribution >= 4 is 32.9 Å². The number of aliphatic hydroxyl groups is 2. The molecule has 1 saturated heterocycles. The number of imidazole rings is 1. The second kappa shape index (κ2) is 17.2. The summed E-state index contributed by atoms with van der Waals surface area (Å²) in [5.41, 5.74) is 19.4. The second-order valence-electron chi connectivity index (χ2n) is 12.0. The van der Waals surface area contributed by atoms with E-state index in [1.54, 1.807) is 42.5 Å². The molecule has 4 aromatic rings. The number of hydrogen-bond acceptors (Lipinski definition) is 11. The van der Waals surface area contributed by atoms with Gasteiger partial charge in [-0.2, -0.15) is 4.31 Å². The predicted octanol–water partition coefficient (Wildman–Crippen LogP) is 4.64. The number of hydrogen-bond donors (Lipinski definition) is 3. The molecule has 2 aromatic heterocycles. The summed E-state index contributed by atoms with van der Waals surface area (Å²) in [5.74, 6) is -0.253.